The van der Waals surface area contributed by atoms with Crippen LogP contribution in [0.4, 0.5) is 5.69 Å². The SMILES string of the molecule is CC(O)C(=O)N1CCC(Oc2ccc(-c3c[nH]c4ncc(C5=CCNCC5)cc34)cc2N)CC1. The lowest BCUT2D eigenvalue weighted by Gasteiger charge is -2.33. The summed E-state index contributed by atoms with van der Waals surface area (Å²) >= 11 is 0. The first-order chi connectivity index (χ1) is 16.5. The summed E-state index contributed by atoms with van der Waals surface area (Å²) in [6.45, 7) is 4.52. The number of aromatic nitrogens is 2. The molecule has 4 heterocycles. The maximum Gasteiger partial charge on any atom is 0.251 e. The van der Waals surface area contributed by atoms with E-state index < -0.39 is 6.10 Å². The number of rotatable bonds is 5. The number of aliphatic hydroxyl groups is 1. The highest BCUT2D eigenvalue weighted by molar-refractivity contribution is 5.96. The molecule has 2 aliphatic rings. The van der Waals surface area contributed by atoms with E-state index in [1.807, 2.05) is 30.6 Å². The quantitative estimate of drug-likeness (QED) is 0.434. The van der Waals surface area contributed by atoms with Gasteiger partial charge < -0.3 is 30.8 Å². The van der Waals surface area contributed by atoms with Crippen LogP contribution in [-0.4, -0.2) is 64.3 Å². The Morgan fingerprint density at radius 1 is 1.26 bits per heavy atom. The third-order valence-corrected chi connectivity index (χ3v) is 6.69. The van der Waals surface area contributed by atoms with Gasteiger partial charge in [0, 0.05) is 55.8 Å². The van der Waals surface area contributed by atoms with Gasteiger partial charge >= 0.3 is 0 Å². The minimum atomic E-state index is -0.965. The largest absolute Gasteiger partial charge is 0.488 e. The number of aromatic amines is 1. The Morgan fingerprint density at radius 2 is 2.09 bits per heavy atom. The van der Waals surface area contributed by atoms with Gasteiger partial charge in [-0.05, 0) is 54.8 Å². The number of amides is 1. The second-order valence-corrected chi connectivity index (χ2v) is 9.08. The Labute approximate surface area is 198 Å². The summed E-state index contributed by atoms with van der Waals surface area (Å²) in [7, 11) is 0. The average Bonchev–Trinajstić information content (AvgIpc) is 3.29. The van der Waals surface area contributed by atoms with Crippen molar-refractivity contribution in [3.05, 3.63) is 48.3 Å². The number of hydrogen-bond acceptors (Lipinski definition) is 6. The van der Waals surface area contributed by atoms with Crippen LogP contribution in [0.15, 0.2) is 42.7 Å². The molecular formula is C26H31N5O3. The summed E-state index contributed by atoms with van der Waals surface area (Å²) in [6, 6.07) is 8.09. The van der Waals surface area contributed by atoms with E-state index in [2.05, 4.69) is 27.4 Å². The van der Waals surface area contributed by atoms with Gasteiger partial charge in [-0.3, -0.25) is 4.79 Å². The van der Waals surface area contributed by atoms with Crippen LogP contribution in [0.1, 0.15) is 31.7 Å². The van der Waals surface area contributed by atoms with E-state index in [0.717, 1.165) is 47.2 Å². The van der Waals surface area contributed by atoms with Crippen LogP contribution in [0.2, 0.25) is 0 Å². The van der Waals surface area contributed by atoms with Gasteiger partial charge in [-0.25, -0.2) is 4.98 Å². The standard InChI is InChI=1S/C26H31N5O3/c1-16(32)26(33)31-10-6-20(7-11-31)34-24-3-2-18(13-23(24)27)22-15-30-25-21(22)12-19(14-29-25)17-4-8-28-9-5-17/h2-4,12-16,20,28,32H,5-11,27H2,1H3,(H,29,30). The van der Waals surface area contributed by atoms with E-state index in [9.17, 15) is 9.90 Å². The molecule has 5 N–H and O–H groups in total. The number of nitrogens with zero attached hydrogens (tertiary/aromatic N) is 2. The summed E-state index contributed by atoms with van der Waals surface area (Å²) in [6.07, 6.45) is 7.58. The van der Waals surface area contributed by atoms with Crippen LogP contribution in [0, 0.1) is 0 Å². The molecule has 1 amide bonds. The first kappa shape index (κ1) is 22.4. The number of fused-ring (bicyclic) bond motifs is 1. The number of carbonyl (C=O) groups excluding carboxylic acids is 1. The van der Waals surface area contributed by atoms with Crippen LogP contribution >= 0.6 is 0 Å². The number of pyridine rings is 1. The highest BCUT2D eigenvalue weighted by Crippen LogP contribution is 2.35. The number of likely N-dealkylation sites (tertiary alicyclic amines) is 1. The Hall–Kier alpha value is -3.36. The molecule has 3 aromatic rings. The summed E-state index contributed by atoms with van der Waals surface area (Å²) < 4.78 is 6.17. The van der Waals surface area contributed by atoms with Gasteiger partial charge in [0.15, 0.2) is 0 Å². The van der Waals surface area contributed by atoms with Crippen molar-refractivity contribution in [1.29, 1.82) is 0 Å². The third-order valence-electron chi connectivity index (χ3n) is 6.69. The molecule has 0 saturated carbocycles. The molecule has 0 spiro atoms. The first-order valence-corrected chi connectivity index (χ1v) is 11.9. The lowest BCUT2D eigenvalue weighted by Crippen LogP contribution is -2.45. The number of aliphatic hydroxyl groups excluding tert-OH is 1. The fraction of sp³-hybridized carbons (Fsp3) is 0.385. The predicted molar refractivity (Wildman–Crippen MR) is 133 cm³/mol. The molecule has 1 saturated heterocycles. The van der Waals surface area contributed by atoms with Gasteiger partial charge in [-0.2, -0.15) is 0 Å². The van der Waals surface area contributed by atoms with Crippen molar-refractivity contribution >= 4 is 28.2 Å². The first-order valence-electron chi connectivity index (χ1n) is 11.9. The summed E-state index contributed by atoms with van der Waals surface area (Å²) in [4.78, 5) is 21.6. The smallest absolute Gasteiger partial charge is 0.251 e. The molecule has 1 unspecified atom stereocenters. The lowest BCUT2D eigenvalue weighted by molar-refractivity contribution is -0.141. The van der Waals surface area contributed by atoms with Crippen molar-refractivity contribution in [2.45, 2.75) is 38.4 Å². The molecule has 2 aliphatic heterocycles. The number of carbonyl (C=O) groups is 1. The maximum atomic E-state index is 12.0. The van der Waals surface area contributed by atoms with Crippen LogP contribution < -0.4 is 15.8 Å². The zero-order valence-electron chi connectivity index (χ0n) is 19.4. The van der Waals surface area contributed by atoms with Gasteiger partial charge in [-0.15, -0.1) is 0 Å². The molecule has 178 valence electrons. The highest BCUT2D eigenvalue weighted by Gasteiger charge is 2.26. The molecule has 8 nitrogen and oxygen atoms in total. The van der Waals surface area contributed by atoms with Gasteiger partial charge in [0.05, 0.1) is 5.69 Å². The van der Waals surface area contributed by atoms with Crippen molar-refractivity contribution < 1.29 is 14.6 Å². The maximum absolute atomic E-state index is 12.0. The minimum Gasteiger partial charge on any atom is -0.488 e. The zero-order valence-corrected chi connectivity index (χ0v) is 19.4. The predicted octanol–water partition coefficient (Wildman–Crippen LogP) is 2.94. The number of nitrogens with two attached hydrogens (primary N) is 1. The molecule has 1 atom stereocenters. The van der Waals surface area contributed by atoms with E-state index >= 15 is 0 Å². The van der Waals surface area contributed by atoms with Crippen LogP contribution in [0.25, 0.3) is 27.7 Å². The van der Waals surface area contributed by atoms with Gasteiger partial charge in [-0.1, -0.05) is 12.1 Å². The van der Waals surface area contributed by atoms with E-state index in [4.69, 9.17) is 10.5 Å². The van der Waals surface area contributed by atoms with Crippen molar-refractivity contribution in [2.75, 3.05) is 31.9 Å². The van der Waals surface area contributed by atoms with Crippen molar-refractivity contribution in [1.82, 2.24) is 20.2 Å². The molecule has 8 heteroatoms. The van der Waals surface area contributed by atoms with E-state index in [1.165, 1.54) is 12.5 Å². The lowest BCUT2D eigenvalue weighted by atomic mass is 9.99. The molecule has 1 aromatic carbocycles. The Kier molecular flexibility index (Phi) is 6.26. The number of benzene rings is 1. The molecule has 0 bridgehead atoms. The van der Waals surface area contributed by atoms with E-state index in [-0.39, 0.29) is 12.0 Å². The van der Waals surface area contributed by atoms with Gasteiger partial charge in [0.25, 0.3) is 5.91 Å². The fourth-order valence-electron chi connectivity index (χ4n) is 4.76. The topological polar surface area (TPSA) is 116 Å². The number of ether oxygens (including phenoxy) is 1. The zero-order chi connectivity index (χ0) is 23.7. The Morgan fingerprint density at radius 3 is 2.79 bits per heavy atom. The second kappa shape index (κ2) is 9.48. The monoisotopic (exact) mass is 461 g/mol. The summed E-state index contributed by atoms with van der Waals surface area (Å²) in [5, 5.41) is 13.9. The average molecular weight is 462 g/mol. The molecule has 0 radical (unpaired) electrons. The summed E-state index contributed by atoms with van der Waals surface area (Å²) in [5.41, 5.74) is 12.4. The van der Waals surface area contributed by atoms with E-state index in [0.29, 0.717) is 37.4 Å². The normalized spacial score (nSPS) is 18.1. The van der Waals surface area contributed by atoms with Gasteiger partial charge in [0.1, 0.15) is 23.6 Å². The number of anilines is 1. The van der Waals surface area contributed by atoms with Crippen molar-refractivity contribution in [2.24, 2.45) is 0 Å². The Balaban J connectivity index is 1.32. The molecular weight excluding hydrogens is 430 g/mol. The highest BCUT2D eigenvalue weighted by atomic mass is 16.5. The Bertz CT molecular complexity index is 1220. The molecule has 1 fully saturated rings. The van der Waals surface area contributed by atoms with Crippen LogP contribution in [0.5, 0.6) is 5.75 Å². The minimum absolute atomic E-state index is 0.00990. The number of nitrogens with one attached hydrogen (secondary N) is 2. The fourth-order valence-corrected chi connectivity index (χ4v) is 4.76. The molecule has 2 aromatic heterocycles. The van der Waals surface area contributed by atoms with Crippen molar-refractivity contribution in [3.8, 4) is 16.9 Å². The number of H-pyrrole nitrogens is 1. The molecule has 34 heavy (non-hydrogen) atoms. The summed E-state index contributed by atoms with van der Waals surface area (Å²) in [5.74, 6) is 0.428. The van der Waals surface area contributed by atoms with E-state index in [1.54, 1.807) is 4.90 Å². The number of nitrogen functional groups attached to an aromatic ring is 1. The van der Waals surface area contributed by atoms with Gasteiger partial charge in [0.2, 0.25) is 0 Å². The van der Waals surface area contributed by atoms with Crippen LogP contribution in [-0.2, 0) is 4.79 Å². The molecule has 0 aliphatic carbocycles. The molecule has 5 rings (SSSR count). The van der Waals surface area contributed by atoms with Crippen molar-refractivity contribution in [3.63, 3.8) is 0 Å². The van der Waals surface area contributed by atoms with Crippen LogP contribution in [0.3, 0.4) is 0 Å². The third kappa shape index (κ3) is 4.51. The second-order valence-electron chi connectivity index (χ2n) is 9.08. The number of piperidine rings is 1. The number of hydrogen-bond donors (Lipinski definition) is 4.